The van der Waals surface area contributed by atoms with Gasteiger partial charge in [-0.15, -0.1) is 11.3 Å². The number of anilines is 1. The summed E-state index contributed by atoms with van der Waals surface area (Å²) >= 11 is 1.43. The fourth-order valence-corrected chi connectivity index (χ4v) is 5.03. The van der Waals surface area contributed by atoms with Crippen LogP contribution in [0.2, 0.25) is 0 Å². The summed E-state index contributed by atoms with van der Waals surface area (Å²) in [6.45, 7) is 1.48. The Morgan fingerprint density at radius 2 is 1.85 bits per heavy atom. The maximum atomic E-state index is 13.8. The van der Waals surface area contributed by atoms with Crippen molar-refractivity contribution in [3.8, 4) is 0 Å². The molecular formula is C26H27N3O3S. The van der Waals surface area contributed by atoms with Crippen molar-refractivity contribution >= 4 is 34.6 Å². The van der Waals surface area contributed by atoms with Gasteiger partial charge in [-0.05, 0) is 55.5 Å². The molecule has 0 aliphatic heterocycles. The Balaban J connectivity index is 1.79. The number of amides is 2. The lowest BCUT2D eigenvalue weighted by Gasteiger charge is -2.32. The van der Waals surface area contributed by atoms with Gasteiger partial charge in [-0.25, -0.2) is 0 Å². The predicted molar refractivity (Wildman–Crippen MR) is 130 cm³/mol. The molecule has 0 spiro atoms. The molecule has 1 atom stereocenters. The van der Waals surface area contributed by atoms with Crippen molar-refractivity contribution in [3.63, 3.8) is 0 Å². The first-order valence-electron chi connectivity index (χ1n) is 11.2. The SMILES string of the molecule is CC(=O)c1cccc(N(C(=O)c2ccccn2)[C@H](C(=O)NC2CCCCC2)c2cccs2)c1. The van der Waals surface area contributed by atoms with Gasteiger partial charge < -0.3 is 5.32 Å². The topological polar surface area (TPSA) is 79.4 Å². The third-order valence-electron chi connectivity index (χ3n) is 5.90. The molecule has 1 aliphatic rings. The number of aromatic nitrogens is 1. The summed E-state index contributed by atoms with van der Waals surface area (Å²) in [6, 6.07) is 14.9. The van der Waals surface area contributed by atoms with Crippen LogP contribution in [-0.2, 0) is 4.79 Å². The second-order valence-corrected chi connectivity index (χ2v) is 9.24. The van der Waals surface area contributed by atoms with E-state index in [9.17, 15) is 14.4 Å². The number of rotatable bonds is 7. The third kappa shape index (κ3) is 5.37. The minimum atomic E-state index is -0.872. The maximum Gasteiger partial charge on any atom is 0.277 e. The molecule has 0 bridgehead atoms. The summed E-state index contributed by atoms with van der Waals surface area (Å²) < 4.78 is 0. The Labute approximate surface area is 197 Å². The Hall–Kier alpha value is -3.32. The molecule has 33 heavy (non-hydrogen) atoms. The van der Waals surface area contributed by atoms with E-state index < -0.39 is 11.9 Å². The molecule has 3 aromatic rings. The van der Waals surface area contributed by atoms with E-state index in [1.807, 2.05) is 17.5 Å². The van der Waals surface area contributed by atoms with Crippen molar-refractivity contribution in [1.82, 2.24) is 10.3 Å². The molecule has 1 aromatic carbocycles. The van der Waals surface area contributed by atoms with Gasteiger partial charge in [-0.1, -0.05) is 43.5 Å². The van der Waals surface area contributed by atoms with Crippen LogP contribution in [0, 0.1) is 0 Å². The number of carbonyl (C=O) groups is 3. The molecule has 1 saturated carbocycles. The van der Waals surface area contributed by atoms with Gasteiger partial charge >= 0.3 is 0 Å². The fraction of sp³-hybridized carbons (Fsp3) is 0.308. The van der Waals surface area contributed by atoms with Gasteiger partial charge in [0.05, 0.1) is 0 Å². The van der Waals surface area contributed by atoms with E-state index in [0.717, 1.165) is 30.6 Å². The van der Waals surface area contributed by atoms with Crippen LogP contribution in [0.3, 0.4) is 0 Å². The van der Waals surface area contributed by atoms with Crippen molar-refractivity contribution < 1.29 is 14.4 Å². The van der Waals surface area contributed by atoms with Gasteiger partial charge in [0.2, 0.25) is 5.91 Å². The number of nitrogens with zero attached hydrogens (tertiary/aromatic N) is 2. The standard InChI is InChI=1S/C26H27N3O3S/c1-18(30)19-9-7-12-21(17-19)29(26(32)22-13-5-6-15-27-22)24(23-14-8-16-33-23)25(31)28-20-10-3-2-4-11-20/h5-9,12-17,20,24H,2-4,10-11H2,1H3,(H,28,31)/t24-/m0/s1. The molecule has 2 heterocycles. The second kappa shape index (κ2) is 10.5. The van der Waals surface area contributed by atoms with Crippen LogP contribution in [0.4, 0.5) is 5.69 Å². The highest BCUT2D eigenvalue weighted by Crippen LogP contribution is 2.33. The third-order valence-corrected chi connectivity index (χ3v) is 6.83. The number of ketones is 1. The van der Waals surface area contributed by atoms with Crippen molar-refractivity contribution in [2.75, 3.05) is 4.90 Å². The molecule has 170 valence electrons. The van der Waals surface area contributed by atoms with Crippen LogP contribution in [0.15, 0.2) is 66.2 Å². The maximum absolute atomic E-state index is 13.8. The van der Waals surface area contributed by atoms with E-state index >= 15 is 0 Å². The average molecular weight is 462 g/mol. The summed E-state index contributed by atoms with van der Waals surface area (Å²) in [7, 11) is 0. The molecular weight excluding hydrogens is 434 g/mol. The molecule has 4 rings (SSSR count). The zero-order valence-electron chi connectivity index (χ0n) is 18.6. The molecule has 0 radical (unpaired) electrons. The van der Waals surface area contributed by atoms with Gasteiger partial charge in [-0.2, -0.15) is 0 Å². The number of benzene rings is 1. The Morgan fingerprint density at radius 1 is 1.03 bits per heavy atom. The summed E-state index contributed by atoms with van der Waals surface area (Å²) in [4.78, 5) is 46.0. The highest BCUT2D eigenvalue weighted by Gasteiger charge is 2.35. The monoisotopic (exact) mass is 461 g/mol. The lowest BCUT2D eigenvalue weighted by atomic mass is 9.95. The van der Waals surface area contributed by atoms with Crippen LogP contribution >= 0.6 is 11.3 Å². The lowest BCUT2D eigenvalue weighted by molar-refractivity contribution is -0.123. The minimum Gasteiger partial charge on any atom is -0.351 e. The number of thiophene rings is 1. The van der Waals surface area contributed by atoms with Crippen LogP contribution in [0.1, 0.15) is 70.8 Å². The van der Waals surface area contributed by atoms with E-state index in [1.54, 1.807) is 48.7 Å². The van der Waals surface area contributed by atoms with Gasteiger partial charge in [0.15, 0.2) is 11.8 Å². The number of hydrogen-bond acceptors (Lipinski definition) is 5. The Kier molecular flexibility index (Phi) is 7.29. The van der Waals surface area contributed by atoms with Crippen LogP contribution in [0.25, 0.3) is 0 Å². The van der Waals surface area contributed by atoms with Gasteiger partial charge in [0.1, 0.15) is 5.69 Å². The zero-order valence-corrected chi connectivity index (χ0v) is 19.4. The summed E-state index contributed by atoms with van der Waals surface area (Å²) in [6.07, 6.45) is 6.80. The average Bonchev–Trinajstić information content (AvgIpc) is 3.37. The smallest absolute Gasteiger partial charge is 0.277 e. The first-order chi connectivity index (χ1) is 16.0. The highest BCUT2D eigenvalue weighted by atomic mass is 32.1. The lowest BCUT2D eigenvalue weighted by Crippen LogP contribution is -2.47. The molecule has 0 saturated heterocycles. The zero-order chi connectivity index (χ0) is 23.2. The summed E-state index contributed by atoms with van der Waals surface area (Å²) in [5.41, 5.74) is 1.19. The fourth-order valence-electron chi connectivity index (χ4n) is 4.22. The molecule has 2 amide bonds. The number of pyridine rings is 1. The van der Waals surface area contributed by atoms with Gasteiger partial charge in [0.25, 0.3) is 5.91 Å². The van der Waals surface area contributed by atoms with E-state index in [-0.39, 0.29) is 23.4 Å². The van der Waals surface area contributed by atoms with Crippen LogP contribution in [0.5, 0.6) is 0 Å². The summed E-state index contributed by atoms with van der Waals surface area (Å²) in [5.74, 6) is -0.725. The molecule has 2 aromatic heterocycles. The first kappa shape index (κ1) is 22.9. The Morgan fingerprint density at radius 3 is 2.52 bits per heavy atom. The number of hydrogen-bond donors (Lipinski definition) is 1. The number of Topliss-reactive ketones (excluding diaryl/α,β-unsaturated/α-hetero) is 1. The van der Waals surface area contributed by atoms with Crippen molar-refractivity contribution in [3.05, 3.63) is 82.3 Å². The van der Waals surface area contributed by atoms with Crippen LogP contribution in [-0.4, -0.2) is 28.6 Å². The van der Waals surface area contributed by atoms with E-state index in [1.165, 1.54) is 29.6 Å². The molecule has 6 nitrogen and oxygen atoms in total. The Bertz CT molecular complexity index is 1110. The molecule has 1 N–H and O–H groups in total. The number of nitrogens with one attached hydrogen (secondary N) is 1. The number of carbonyl (C=O) groups excluding carboxylic acids is 3. The molecule has 0 unspecified atom stereocenters. The first-order valence-corrected chi connectivity index (χ1v) is 12.1. The molecule has 7 heteroatoms. The van der Waals surface area contributed by atoms with Crippen LogP contribution < -0.4 is 10.2 Å². The minimum absolute atomic E-state index is 0.101. The normalized spacial score (nSPS) is 14.9. The van der Waals surface area contributed by atoms with E-state index in [4.69, 9.17) is 0 Å². The van der Waals surface area contributed by atoms with E-state index in [2.05, 4.69) is 10.3 Å². The molecule has 1 fully saturated rings. The second-order valence-electron chi connectivity index (χ2n) is 8.26. The molecule has 1 aliphatic carbocycles. The van der Waals surface area contributed by atoms with Gasteiger partial charge in [0, 0.05) is 28.4 Å². The largest absolute Gasteiger partial charge is 0.351 e. The summed E-state index contributed by atoms with van der Waals surface area (Å²) in [5, 5.41) is 5.08. The van der Waals surface area contributed by atoms with Crippen molar-refractivity contribution in [2.24, 2.45) is 0 Å². The van der Waals surface area contributed by atoms with E-state index in [0.29, 0.717) is 11.3 Å². The highest BCUT2D eigenvalue weighted by molar-refractivity contribution is 7.10. The van der Waals surface area contributed by atoms with Crippen molar-refractivity contribution in [2.45, 2.75) is 51.1 Å². The van der Waals surface area contributed by atoms with Gasteiger partial charge in [-0.3, -0.25) is 24.3 Å². The predicted octanol–water partition coefficient (Wildman–Crippen LogP) is 5.18. The van der Waals surface area contributed by atoms with Crippen molar-refractivity contribution in [1.29, 1.82) is 0 Å². The quantitative estimate of drug-likeness (QED) is 0.492.